The lowest BCUT2D eigenvalue weighted by Gasteiger charge is -2.16. The highest BCUT2D eigenvalue weighted by molar-refractivity contribution is 6.32. The van der Waals surface area contributed by atoms with Crippen LogP contribution in [-0.2, 0) is 6.54 Å². The summed E-state index contributed by atoms with van der Waals surface area (Å²) in [6.45, 7) is 7.35. The number of methoxy groups -OCH3 is 1. The van der Waals surface area contributed by atoms with Gasteiger partial charge in [-0.1, -0.05) is 23.7 Å². The van der Waals surface area contributed by atoms with E-state index in [4.69, 9.17) is 31.5 Å². The monoisotopic (exact) mass is 349 g/mol. The van der Waals surface area contributed by atoms with Gasteiger partial charge in [-0.05, 0) is 55.2 Å². The molecule has 0 heterocycles. The Balaban J connectivity index is 2.02. The minimum atomic E-state index is 0.366. The van der Waals surface area contributed by atoms with Gasteiger partial charge in [0.1, 0.15) is 19.0 Å². The molecule has 0 saturated carbocycles. The van der Waals surface area contributed by atoms with Crippen molar-refractivity contribution in [1.29, 1.82) is 0 Å². The molecule has 5 heteroatoms. The second kappa shape index (κ2) is 8.27. The van der Waals surface area contributed by atoms with E-state index >= 15 is 0 Å². The van der Waals surface area contributed by atoms with Crippen LogP contribution in [0.25, 0.3) is 0 Å². The van der Waals surface area contributed by atoms with Crippen molar-refractivity contribution in [2.75, 3.05) is 20.3 Å². The van der Waals surface area contributed by atoms with Gasteiger partial charge < -0.3 is 19.9 Å². The highest BCUT2D eigenvalue weighted by atomic mass is 35.5. The molecule has 0 aliphatic rings. The predicted octanol–water partition coefficient (Wildman–Crippen LogP) is 4.19. The van der Waals surface area contributed by atoms with E-state index in [1.807, 2.05) is 13.0 Å². The third-order valence-electron chi connectivity index (χ3n) is 3.97. The molecule has 4 nitrogen and oxygen atoms in total. The minimum absolute atomic E-state index is 0.366. The number of halogens is 1. The van der Waals surface area contributed by atoms with E-state index in [9.17, 15) is 0 Å². The number of rotatable bonds is 7. The van der Waals surface area contributed by atoms with Gasteiger partial charge in [-0.2, -0.15) is 0 Å². The molecule has 0 bridgehead atoms. The van der Waals surface area contributed by atoms with Crippen molar-refractivity contribution in [3.05, 3.63) is 51.5 Å². The van der Waals surface area contributed by atoms with Gasteiger partial charge in [0.05, 0.1) is 12.1 Å². The molecule has 0 fully saturated rings. The van der Waals surface area contributed by atoms with E-state index in [1.165, 1.54) is 5.56 Å². The smallest absolute Gasteiger partial charge is 0.179 e. The van der Waals surface area contributed by atoms with Crippen molar-refractivity contribution in [3.8, 4) is 17.2 Å². The molecule has 0 spiro atoms. The molecule has 0 unspecified atom stereocenters. The first-order valence-corrected chi connectivity index (χ1v) is 8.24. The lowest BCUT2D eigenvalue weighted by atomic mass is 10.1. The summed E-state index contributed by atoms with van der Waals surface area (Å²) in [5.41, 5.74) is 10.0. The maximum atomic E-state index is 6.26. The van der Waals surface area contributed by atoms with Crippen LogP contribution < -0.4 is 19.9 Å². The zero-order valence-corrected chi connectivity index (χ0v) is 15.4. The topological polar surface area (TPSA) is 53.7 Å². The second-order valence-electron chi connectivity index (χ2n) is 5.66. The Hall–Kier alpha value is -1.91. The van der Waals surface area contributed by atoms with Crippen molar-refractivity contribution < 1.29 is 14.2 Å². The van der Waals surface area contributed by atoms with E-state index in [2.05, 4.69) is 26.0 Å². The fourth-order valence-corrected chi connectivity index (χ4v) is 2.75. The van der Waals surface area contributed by atoms with Gasteiger partial charge >= 0.3 is 0 Å². The Labute approximate surface area is 148 Å². The van der Waals surface area contributed by atoms with Crippen LogP contribution in [0.2, 0.25) is 5.02 Å². The second-order valence-corrected chi connectivity index (χ2v) is 6.07. The summed E-state index contributed by atoms with van der Waals surface area (Å²) in [4.78, 5) is 0. The number of nitrogens with two attached hydrogens (primary N) is 1. The fraction of sp³-hybridized carbons (Fsp3) is 0.368. The summed E-state index contributed by atoms with van der Waals surface area (Å²) in [6.07, 6.45) is 0. The van der Waals surface area contributed by atoms with Crippen LogP contribution in [0.15, 0.2) is 24.3 Å². The molecular formula is C19H24ClNO3. The first-order chi connectivity index (χ1) is 11.5. The molecule has 0 atom stereocenters. The zero-order valence-electron chi connectivity index (χ0n) is 14.6. The molecule has 0 aromatic heterocycles. The number of aryl methyl sites for hydroxylation is 2. The zero-order chi connectivity index (χ0) is 17.7. The molecule has 24 heavy (non-hydrogen) atoms. The van der Waals surface area contributed by atoms with E-state index in [0.29, 0.717) is 36.3 Å². The standard InChI is InChI=1S/C19H24ClNO3/c1-12-5-6-13(2)18(14(12)3)23-7-8-24-19-16(20)9-15(11-21)10-17(19)22-4/h5-6,9-10H,7-8,11,21H2,1-4H3. The first-order valence-electron chi connectivity index (χ1n) is 7.86. The molecule has 0 radical (unpaired) electrons. The fourth-order valence-electron chi connectivity index (χ4n) is 2.47. The maximum Gasteiger partial charge on any atom is 0.179 e. The quantitative estimate of drug-likeness (QED) is 0.761. The third-order valence-corrected chi connectivity index (χ3v) is 4.26. The van der Waals surface area contributed by atoms with Crippen LogP contribution in [0, 0.1) is 20.8 Å². The van der Waals surface area contributed by atoms with Crippen molar-refractivity contribution in [2.45, 2.75) is 27.3 Å². The van der Waals surface area contributed by atoms with Gasteiger partial charge in [0.2, 0.25) is 0 Å². The molecule has 130 valence electrons. The molecule has 2 rings (SSSR count). The summed E-state index contributed by atoms with van der Waals surface area (Å²) in [7, 11) is 1.58. The largest absolute Gasteiger partial charge is 0.493 e. The number of benzene rings is 2. The van der Waals surface area contributed by atoms with Crippen molar-refractivity contribution in [2.24, 2.45) is 5.73 Å². The summed E-state index contributed by atoms with van der Waals surface area (Å²) < 4.78 is 17.0. The molecule has 2 aromatic rings. The van der Waals surface area contributed by atoms with Gasteiger partial charge in [0, 0.05) is 6.54 Å². The van der Waals surface area contributed by atoms with Gasteiger partial charge in [-0.15, -0.1) is 0 Å². The third kappa shape index (κ3) is 4.13. The summed E-state index contributed by atoms with van der Waals surface area (Å²) in [6, 6.07) is 7.77. The summed E-state index contributed by atoms with van der Waals surface area (Å²) in [5, 5.41) is 0.484. The Morgan fingerprint density at radius 3 is 2.21 bits per heavy atom. The maximum absolute atomic E-state index is 6.26. The first kappa shape index (κ1) is 18.4. The molecule has 2 aromatic carbocycles. The Kier molecular flexibility index (Phi) is 6.35. The molecule has 0 aliphatic heterocycles. The van der Waals surface area contributed by atoms with Crippen molar-refractivity contribution in [3.63, 3.8) is 0 Å². The van der Waals surface area contributed by atoms with Gasteiger partial charge in [0.25, 0.3) is 0 Å². The minimum Gasteiger partial charge on any atom is -0.493 e. The van der Waals surface area contributed by atoms with Gasteiger partial charge in [0.15, 0.2) is 11.5 Å². The van der Waals surface area contributed by atoms with Crippen LogP contribution >= 0.6 is 11.6 Å². The highest BCUT2D eigenvalue weighted by Gasteiger charge is 2.12. The Bertz CT molecular complexity index is 716. The molecule has 0 aliphatic carbocycles. The predicted molar refractivity (Wildman–Crippen MR) is 97.5 cm³/mol. The molecule has 2 N–H and O–H groups in total. The van der Waals surface area contributed by atoms with Crippen LogP contribution in [0.5, 0.6) is 17.2 Å². The van der Waals surface area contributed by atoms with Crippen LogP contribution in [0.3, 0.4) is 0 Å². The number of hydrogen-bond acceptors (Lipinski definition) is 4. The average molecular weight is 350 g/mol. The van der Waals surface area contributed by atoms with Crippen LogP contribution in [0.1, 0.15) is 22.3 Å². The lowest BCUT2D eigenvalue weighted by molar-refractivity contribution is 0.210. The van der Waals surface area contributed by atoms with E-state index in [-0.39, 0.29) is 0 Å². The van der Waals surface area contributed by atoms with E-state index in [0.717, 1.165) is 22.4 Å². The highest BCUT2D eigenvalue weighted by Crippen LogP contribution is 2.36. The molecular weight excluding hydrogens is 326 g/mol. The number of ether oxygens (including phenoxy) is 3. The molecule has 0 amide bonds. The SMILES string of the molecule is COc1cc(CN)cc(Cl)c1OCCOc1c(C)ccc(C)c1C. The number of hydrogen-bond donors (Lipinski definition) is 1. The van der Waals surface area contributed by atoms with Crippen molar-refractivity contribution >= 4 is 11.6 Å². The van der Waals surface area contributed by atoms with Crippen LogP contribution in [0.4, 0.5) is 0 Å². The normalized spacial score (nSPS) is 10.6. The Morgan fingerprint density at radius 2 is 1.58 bits per heavy atom. The summed E-state index contributed by atoms with van der Waals surface area (Å²) >= 11 is 6.26. The van der Waals surface area contributed by atoms with Crippen molar-refractivity contribution in [1.82, 2.24) is 0 Å². The van der Waals surface area contributed by atoms with Gasteiger partial charge in [-0.25, -0.2) is 0 Å². The summed E-state index contributed by atoms with van der Waals surface area (Å²) in [5.74, 6) is 2.00. The Morgan fingerprint density at radius 1 is 0.958 bits per heavy atom. The van der Waals surface area contributed by atoms with Gasteiger partial charge in [-0.3, -0.25) is 0 Å². The average Bonchev–Trinajstić information content (AvgIpc) is 2.58. The lowest BCUT2D eigenvalue weighted by Crippen LogP contribution is -2.11. The molecule has 0 saturated heterocycles. The van der Waals surface area contributed by atoms with E-state index < -0.39 is 0 Å². The van der Waals surface area contributed by atoms with E-state index in [1.54, 1.807) is 13.2 Å². The van der Waals surface area contributed by atoms with Crippen LogP contribution in [-0.4, -0.2) is 20.3 Å².